The highest BCUT2D eigenvalue weighted by atomic mass is 16.2. The topological polar surface area (TPSA) is 62.5 Å². The zero-order valence-corrected chi connectivity index (χ0v) is 11.1. The minimum atomic E-state index is -0.0169. The van der Waals surface area contributed by atoms with E-state index >= 15 is 0 Å². The Bertz CT molecular complexity index is 446. The highest BCUT2D eigenvalue weighted by Gasteiger charge is 2.34. The van der Waals surface area contributed by atoms with Crippen molar-refractivity contribution in [3.05, 3.63) is 24.0 Å². The van der Waals surface area contributed by atoms with Crippen molar-refractivity contribution in [2.45, 2.75) is 13.0 Å². The summed E-state index contributed by atoms with van der Waals surface area (Å²) in [6.45, 7) is 3.70. The summed E-state index contributed by atoms with van der Waals surface area (Å²) in [5.41, 5.74) is 6.82. The monoisotopic (exact) mass is 248 g/mol. The largest absolute Gasteiger partial charge is 0.398 e. The average molecular weight is 248 g/mol. The highest BCUT2D eigenvalue weighted by molar-refractivity contribution is 5.98. The molecule has 0 spiro atoms. The number of carbonyl (C=O) groups excluding carboxylic acids is 1. The Labute approximate surface area is 108 Å². The van der Waals surface area contributed by atoms with Crippen LogP contribution < -0.4 is 5.73 Å². The molecule has 18 heavy (non-hydrogen) atoms. The van der Waals surface area contributed by atoms with Crippen LogP contribution in [0.4, 0.5) is 5.69 Å². The Balaban J connectivity index is 2.15. The third-order valence-corrected chi connectivity index (χ3v) is 3.61. The molecule has 0 radical (unpaired) electrons. The molecule has 1 aromatic rings. The Morgan fingerprint density at radius 2 is 2.22 bits per heavy atom. The smallest absolute Gasteiger partial charge is 0.257 e. The fourth-order valence-electron chi connectivity index (χ4n) is 2.54. The molecule has 1 saturated heterocycles. The molecule has 2 unspecified atom stereocenters. The van der Waals surface area contributed by atoms with E-state index in [9.17, 15) is 4.79 Å². The van der Waals surface area contributed by atoms with Crippen molar-refractivity contribution in [1.82, 2.24) is 14.8 Å². The normalized spacial score (nSPS) is 23.7. The Kier molecular flexibility index (Phi) is 3.52. The number of likely N-dealkylation sites (N-methyl/N-ethyl adjacent to an activating group) is 1. The van der Waals surface area contributed by atoms with Gasteiger partial charge in [-0.25, -0.2) is 0 Å². The molecule has 1 aromatic heterocycles. The Morgan fingerprint density at radius 1 is 1.50 bits per heavy atom. The lowest BCUT2D eigenvalue weighted by Crippen LogP contribution is -2.36. The van der Waals surface area contributed by atoms with Crippen molar-refractivity contribution in [3.8, 4) is 0 Å². The molecule has 0 saturated carbocycles. The molecule has 5 nitrogen and oxygen atoms in total. The van der Waals surface area contributed by atoms with Gasteiger partial charge in [-0.15, -0.1) is 0 Å². The second kappa shape index (κ2) is 4.94. The van der Waals surface area contributed by atoms with E-state index in [2.05, 4.69) is 16.8 Å². The number of carbonyl (C=O) groups is 1. The zero-order chi connectivity index (χ0) is 13.3. The molecule has 1 aliphatic heterocycles. The molecule has 2 atom stereocenters. The van der Waals surface area contributed by atoms with Crippen molar-refractivity contribution in [2.24, 2.45) is 5.92 Å². The van der Waals surface area contributed by atoms with E-state index in [1.807, 2.05) is 19.0 Å². The second-order valence-electron chi connectivity index (χ2n) is 5.18. The summed E-state index contributed by atoms with van der Waals surface area (Å²) in [6.07, 6.45) is 3.15. The van der Waals surface area contributed by atoms with Crippen LogP contribution in [0.2, 0.25) is 0 Å². The number of hydrogen-bond acceptors (Lipinski definition) is 4. The van der Waals surface area contributed by atoms with Gasteiger partial charge in [0.2, 0.25) is 0 Å². The third kappa shape index (κ3) is 2.31. The van der Waals surface area contributed by atoms with Crippen LogP contribution >= 0.6 is 0 Å². The maximum atomic E-state index is 12.4. The van der Waals surface area contributed by atoms with Crippen LogP contribution in [0, 0.1) is 5.92 Å². The van der Waals surface area contributed by atoms with Crippen molar-refractivity contribution >= 4 is 11.6 Å². The van der Waals surface area contributed by atoms with E-state index in [4.69, 9.17) is 5.73 Å². The predicted octanol–water partition coefficient (Wildman–Crippen LogP) is 0.686. The standard InChI is InChI=1S/C13H20N4O/c1-9-7-17(8-12(9)16(2)3)13(18)10-6-15-5-4-11(10)14/h4-6,9,12H,7-8H2,1-3H3,(H2,14,15). The minimum Gasteiger partial charge on any atom is -0.398 e. The molecule has 1 amide bonds. The van der Waals surface area contributed by atoms with Gasteiger partial charge in [-0.3, -0.25) is 9.78 Å². The van der Waals surface area contributed by atoms with E-state index in [0.29, 0.717) is 23.2 Å². The van der Waals surface area contributed by atoms with E-state index in [-0.39, 0.29) is 5.91 Å². The van der Waals surface area contributed by atoms with Gasteiger partial charge in [0, 0.05) is 37.2 Å². The summed E-state index contributed by atoms with van der Waals surface area (Å²) in [4.78, 5) is 20.4. The third-order valence-electron chi connectivity index (χ3n) is 3.61. The second-order valence-corrected chi connectivity index (χ2v) is 5.18. The average Bonchev–Trinajstić information content (AvgIpc) is 2.71. The fourth-order valence-corrected chi connectivity index (χ4v) is 2.54. The molecule has 98 valence electrons. The van der Waals surface area contributed by atoms with Gasteiger partial charge in [0.15, 0.2) is 0 Å². The van der Waals surface area contributed by atoms with Gasteiger partial charge in [0.1, 0.15) is 0 Å². The number of nitrogens with two attached hydrogens (primary N) is 1. The molecular weight excluding hydrogens is 228 g/mol. The number of rotatable bonds is 2. The first-order chi connectivity index (χ1) is 8.50. The van der Waals surface area contributed by atoms with Gasteiger partial charge >= 0.3 is 0 Å². The zero-order valence-electron chi connectivity index (χ0n) is 11.1. The van der Waals surface area contributed by atoms with Gasteiger partial charge < -0.3 is 15.5 Å². The molecule has 2 N–H and O–H groups in total. The number of amides is 1. The van der Waals surface area contributed by atoms with Gasteiger partial charge in [0.05, 0.1) is 5.56 Å². The van der Waals surface area contributed by atoms with Gasteiger partial charge in [-0.1, -0.05) is 6.92 Å². The maximum absolute atomic E-state index is 12.4. The number of nitrogen functional groups attached to an aromatic ring is 1. The molecule has 0 aromatic carbocycles. The van der Waals surface area contributed by atoms with Crippen LogP contribution in [0.1, 0.15) is 17.3 Å². The number of pyridine rings is 1. The van der Waals surface area contributed by atoms with Crippen molar-refractivity contribution in [1.29, 1.82) is 0 Å². The van der Waals surface area contributed by atoms with E-state index in [1.165, 1.54) is 0 Å². The first kappa shape index (κ1) is 12.8. The van der Waals surface area contributed by atoms with Crippen LogP contribution in [-0.4, -0.2) is 53.9 Å². The van der Waals surface area contributed by atoms with Crippen LogP contribution in [0.15, 0.2) is 18.5 Å². The molecule has 5 heteroatoms. The number of likely N-dealkylation sites (tertiary alicyclic amines) is 1. The minimum absolute atomic E-state index is 0.0169. The highest BCUT2D eigenvalue weighted by Crippen LogP contribution is 2.23. The van der Waals surface area contributed by atoms with Crippen LogP contribution in [0.25, 0.3) is 0 Å². The maximum Gasteiger partial charge on any atom is 0.257 e. The van der Waals surface area contributed by atoms with E-state index in [0.717, 1.165) is 13.1 Å². The summed E-state index contributed by atoms with van der Waals surface area (Å²) in [7, 11) is 4.10. The summed E-state index contributed by atoms with van der Waals surface area (Å²) in [5, 5.41) is 0. The molecule has 2 rings (SSSR count). The van der Waals surface area contributed by atoms with Gasteiger partial charge in [-0.2, -0.15) is 0 Å². The SMILES string of the molecule is CC1CN(C(=O)c2cnccc2N)CC1N(C)C. The molecule has 1 fully saturated rings. The number of anilines is 1. The quantitative estimate of drug-likeness (QED) is 0.836. The van der Waals surface area contributed by atoms with Crippen LogP contribution in [0.3, 0.4) is 0 Å². The van der Waals surface area contributed by atoms with Crippen molar-refractivity contribution < 1.29 is 4.79 Å². The Morgan fingerprint density at radius 3 is 2.78 bits per heavy atom. The lowest BCUT2D eigenvalue weighted by molar-refractivity contribution is 0.0782. The first-order valence-electron chi connectivity index (χ1n) is 6.16. The van der Waals surface area contributed by atoms with Crippen LogP contribution in [0.5, 0.6) is 0 Å². The molecular formula is C13H20N4O. The van der Waals surface area contributed by atoms with E-state index in [1.54, 1.807) is 18.5 Å². The summed E-state index contributed by atoms with van der Waals surface area (Å²) in [6, 6.07) is 2.07. The molecule has 1 aliphatic rings. The number of hydrogen-bond donors (Lipinski definition) is 1. The van der Waals surface area contributed by atoms with Gasteiger partial charge in [-0.05, 0) is 26.1 Å². The lowest BCUT2D eigenvalue weighted by atomic mass is 10.1. The summed E-state index contributed by atoms with van der Waals surface area (Å²) < 4.78 is 0. The number of aromatic nitrogens is 1. The Hall–Kier alpha value is -1.62. The molecule has 0 bridgehead atoms. The first-order valence-corrected chi connectivity index (χ1v) is 6.16. The predicted molar refractivity (Wildman–Crippen MR) is 71.2 cm³/mol. The molecule has 2 heterocycles. The van der Waals surface area contributed by atoms with E-state index < -0.39 is 0 Å². The van der Waals surface area contributed by atoms with Crippen molar-refractivity contribution in [3.63, 3.8) is 0 Å². The summed E-state index contributed by atoms with van der Waals surface area (Å²) in [5.74, 6) is 0.457. The number of nitrogens with zero attached hydrogens (tertiary/aromatic N) is 3. The fraction of sp³-hybridized carbons (Fsp3) is 0.538. The lowest BCUT2D eigenvalue weighted by Gasteiger charge is -2.22. The molecule has 0 aliphatic carbocycles. The van der Waals surface area contributed by atoms with Crippen LogP contribution in [-0.2, 0) is 0 Å². The summed E-state index contributed by atoms with van der Waals surface area (Å²) >= 11 is 0. The van der Waals surface area contributed by atoms with Crippen molar-refractivity contribution in [2.75, 3.05) is 32.9 Å². The van der Waals surface area contributed by atoms with Gasteiger partial charge in [0.25, 0.3) is 5.91 Å².